The molecular formula is C15H23NO3. The molecule has 1 unspecified atom stereocenters. The van der Waals surface area contributed by atoms with Gasteiger partial charge in [0, 0.05) is 5.56 Å². The largest absolute Gasteiger partial charge is 0.491 e. The highest BCUT2D eigenvalue weighted by molar-refractivity contribution is 5.95. The number of aliphatic hydroxyl groups excluding tert-OH is 1. The van der Waals surface area contributed by atoms with Crippen molar-refractivity contribution >= 4 is 5.91 Å². The molecule has 2 N–H and O–H groups in total. The second kappa shape index (κ2) is 6.06. The van der Waals surface area contributed by atoms with E-state index in [1.807, 2.05) is 19.9 Å². The number of hydrogen-bond acceptors (Lipinski definition) is 3. The molecule has 0 spiro atoms. The molecule has 4 heteroatoms. The molecule has 0 fully saturated rings. The quantitative estimate of drug-likeness (QED) is 0.859. The second-order valence-electron chi connectivity index (χ2n) is 5.55. The van der Waals surface area contributed by atoms with Crippen LogP contribution in [0.1, 0.15) is 45.0 Å². The fourth-order valence-electron chi connectivity index (χ4n) is 1.45. The van der Waals surface area contributed by atoms with E-state index in [1.54, 1.807) is 39.0 Å². The molecule has 0 radical (unpaired) electrons. The molecule has 0 aliphatic rings. The summed E-state index contributed by atoms with van der Waals surface area (Å²) in [5, 5.41) is 12.4. The molecule has 0 bridgehead atoms. The summed E-state index contributed by atoms with van der Waals surface area (Å²) in [7, 11) is 0. The van der Waals surface area contributed by atoms with Gasteiger partial charge in [-0.05, 0) is 52.8 Å². The van der Waals surface area contributed by atoms with Gasteiger partial charge in [-0.2, -0.15) is 0 Å². The predicted octanol–water partition coefficient (Wildman–Crippen LogP) is 2.36. The zero-order valence-corrected chi connectivity index (χ0v) is 12.2. The number of carbonyl (C=O) groups is 1. The smallest absolute Gasteiger partial charge is 0.251 e. The standard InChI is InChI=1S/C15H23NO3/c1-10(2)19-13-8-6-7-12(9-13)14(18)16-15(4,5)11(3)17/h6-11,17H,1-5H3,(H,16,18). The van der Waals surface area contributed by atoms with Crippen LogP contribution in [0.2, 0.25) is 0 Å². The maximum absolute atomic E-state index is 12.1. The van der Waals surface area contributed by atoms with E-state index in [4.69, 9.17) is 4.74 Å². The topological polar surface area (TPSA) is 58.6 Å². The van der Waals surface area contributed by atoms with Crippen molar-refractivity contribution in [3.63, 3.8) is 0 Å². The lowest BCUT2D eigenvalue weighted by Crippen LogP contribution is -2.50. The Kier molecular flexibility index (Phi) is 4.95. The highest BCUT2D eigenvalue weighted by atomic mass is 16.5. The van der Waals surface area contributed by atoms with Gasteiger partial charge >= 0.3 is 0 Å². The Morgan fingerprint density at radius 3 is 2.47 bits per heavy atom. The summed E-state index contributed by atoms with van der Waals surface area (Å²) in [5.41, 5.74) is -0.154. The Hall–Kier alpha value is -1.55. The zero-order valence-electron chi connectivity index (χ0n) is 12.2. The van der Waals surface area contributed by atoms with Crippen molar-refractivity contribution in [3.8, 4) is 5.75 Å². The molecule has 0 saturated heterocycles. The molecule has 1 atom stereocenters. The molecular weight excluding hydrogens is 242 g/mol. The van der Waals surface area contributed by atoms with E-state index in [2.05, 4.69) is 5.32 Å². The SMILES string of the molecule is CC(C)Oc1cccc(C(=O)NC(C)(C)C(C)O)c1. The van der Waals surface area contributed by atoms with E-state index < -0.39 is 11.6 Å². The van der Waals surface area contributed by atoms with E-state index >= 15 is 0 Å². The Balaban J connectivity index is 2.83. The van der Waals surface area contributed by atoms with Gasteiger partial charge in [0.1, 0.15) is 5.75 Å². The first kappa shape index (κ1) is 15.5. The van der Waals surface area contributed by atoms with Crippen LogP contribution in [0, 0.1) is 0 Å². The van der Waals surface area contributed by atoms with Crippen molar-refractivity contribution in [2.45, 2.75) is 52.4 Å². The molecule has 1 aromatic carbocycles. The molecule has 0 aliphatic carbocycles. The summed E-state index contributed by atoms with van der Waals surface area (Å²) in [4.78, 5) is 12.1. The summed E-state index contributed by atoms with van der Waals surface area (Å²) < 4.78 is 5.55. The van der Waals surface area contributed by atoms with Crippen molar-refractivity contribution in [2.24, 2.45) is 0 Å². The average Bonchev–Trinajstić information content (AvgIpc) is 2.27. The Morgan fingerprint density at radius 2 is 1.95 bits per heavy atom. The summed E-state index contributed by atoms with van der Waals surface area (Å²) in [6, 6.07) is 7.02. The van der Waals surface area contributed by atoms with Crippen LogP contribution in [0.4, 0.5) is 0 Å². The summed E-state index contributed by atoms with van der Waals surface area (Å²) in [6.07, 6.45) is -0.571. The van der Waals surface area contributed by atoms with Crippen molar-refractivity contribution in [2.75, 3.05) is 0 Å². The van der Waals surface area contributed by atoms with Crippen LogP contribution in [-0.4, -0.2) is 28.8 Å². The van der Waals surface area contributed by atoms with Gasteiger partial charge in [0.2, 0.25) is 0 Å². The zero-order chi connectivity index (χ0) is 14.6. The fraction of sp³-hybridized carbons (Fsp3) is 0.533. The average molecular weight is 265 g/mol. The maximum Gasteiger partial charge on any atom is 0.251 e. The van der Waals surface area contributed by atoms with Gasteiger partial charge in [-0.25, -0.2) is 0 Å². The molecule has 0 aromatic heterocycles. The fourth-order valence-corrected chi connectivity index (χ4v) is 1.45. The summed E-state index contributed by atoms with van der Waals surface area (Å²) >= 11 is 0. The molecule has 1 rings (SSSR count). The molecule has 0 heterocycles. The van der Waals surface area contributed by atoms with E-state index in [0.29, 0.717) is 11.3 Å². The van der Waals surface area contributed by atoms with E-state index in [-0.39, 0.29) is 12.0 Å². The highest BCUT2D eigenvalue weighted by Gasteiger charge is 2.26. The Morgan fingerprint density at radius 1 is 1.32 bits per heavy atom. The van der Waals surface area contributed by atoms with Crippen molar-refractivity contribution in [1.29, 1.82) is 0 Å². The highest BCUT2D eigenvalue weighted by Crippen LogP contribution is 2.16. The van der Waals surface area contributed by atoms with E-state index in [0.717, 1.165) is 0 Å². The van der Waals surface area contributed by atoms with Gasteiger partial charge in [0.25, 0.3) is 5.91 Å². The minimum Gasteiger partial charge on any atom is -0.491 e. The molecule has 1 aromatic rings. The van der Waals surface area contributed by atoms with Crippen LogP contribution < -0.4 is 10.1 Å². The van der Waals surface area contributed by atoms with Crippen LogP contribution in [0.5, 0.6) is 5.75 Å². The Labute approximate surface area is 114 Å². The van der Waals surface area contributed by atoms with Gasteiger partial charge in [-0.3, -0.25) is 4.79 Å². The number of benzene rings is 1. The first-order valence-electron chi connectivity index (χ1n) is 6.49. The van der Waals surface area contributed by atoms with Crippen molar-refractivity contribution in [1.82, 2.24) is 5.32 Å². The van der Waals surface area contributed by atoms with Crippen LogP contribution in [-0.2, 0) is 0 Å². The first-order chi connectivity index (χ1) is 8.72. The van der Waals surface area contributed by atoms with Gasteiger partial charge in [0.05, 0.1) is 17.7 Å². The number of nitrogens with one attached hydrogen (secondary N) is 1. The number of aliphatic hydroxyl groups is 1. The van der Waals surface area contributed by atoms with Crippen molar-refractivity contribution < 1.29 is 14.6 Å². The number of hydrogen-bond donors (Lipinski definition) is 2. The Bertz CT molecular complexity index is 439. The van der Waals surface area contributed by atoms with Gasteiger partial charge in [0.15, 0.2) is 0 Å². The predicted molar refractivity (Wildman–Crippen MR) is 75.4 cm³/mol. The van der Waals surface area contributed by atoms with E-state index in [1.165, 1.54) is 0 Å². The number of rotatable bonds is 5. The van der Waals surface area contributed by atoms with Crippen LogP contribution in [0.3, 0.4) is 0 Å². The molecule has 4 nitrogen and oxygen atoms in total. The minimum absolute atomic E-state index is 0.0622. The monoisotopic (exact) mass is 265 g/mol. The molecule has 1 amide bonds. The number of amides is 1. The van der Waals surface area contributed by atoms with Crippen LogP contribution in [0.25, 0.3) is 0 Å². The lowest BCUT2D eigenvalue weighted by molar-refractivity contribution is 0.0709. The van der Waals surface area contributed by atoms with Crippen LogP contribution in [0.15, 0.2) is 24.3 Å². The third-order valence-electron chi connectivity index (χ3n) is 2.95. The second-order valence-corrected chi connectivity index (χ2v) is 5.55. The number of carbonyl (C=O) groups excluding carboxylic acids is 1. The molecule has 0 aliphatic heterocycles. The lowest BCUT2D eigenvalue weighted by atomic mass is 9.98. The van der Waals surface area contributed by atoms with Gasteiger partial charge < -0.3 is 15.2 Å². The van der Waals surface area contributed by atoms with Crippen LogP contribution >= 0.6 is 0 Å². The lowest BCUT2D eigenvalue weighted by Gasteiger charge is -2.29. The first-order valence-corrected chi connectivity index (χ1v) is 6.49. The maximum atomic E-state index is 12.1. The normalized spacial score (nSPS) is 13.2. The summed E-state index contributed by atoms with van der Waals surface area (Å²) in [6.45, 7) is 9.08. The van der Waals surface area contributed by atoms with Gasteiger partial charge in [-0.15, -0.1) is 0 Å². The molecule has 0 saturated carbocycles. The van der Waals surface area contributed by atoms with Gasteiger partial charge in [-0.1, -0.05) is 6.07 Å². The third kappa shape index (κ3) is 4.56. The third-order valence-corrected chi connectivity index (χ3v) is 2.95. The molecule has 19 heavy (non-hydrogen) atoms. The summed E-state index contributed by atoms with van der Waals surface area (Å²) in [5.74, 6) is 0.442. The molecule has 106 valence electrons. The van der Waals surface area contributed by atoms with Crippen molar-refractivity contribution in [3.05, 3.63) is 29.8 Å². The number of ether oxygens (including phenoxy) is 1. The van der Waals surface area contributed by atoms with E-state index in [9.17, 15) is 9.90 Å². The minimum atomic E-state index is -0.675.